The molecule has 186 valence electrons. The number of unbranched alkanes of at least 4 members (excludes halogenated alkanes) is 1. The van der Waals surface area contributed by atoms with Gasteiger partial charge in [0.15, 0.2) is 0 Å². The van der Waals surface area contributed by atoms with Gasteiger partial charge in [0.25, 0.3) is 5.91 Å². The molecule has 2 aliphatic rings. The van der Waals surface area contributed by atoms with E-state index < -0.39 is 12.0 Å². The maximum absolute atomic E-state index is 12.9. The number of ether oxygens (including phenoxy) is 1. The molecule has 1 unspecified atom stereocenters. The number of benzene rings is 1. The van der Waals surface area contributed by atoms with Gasteiger partial charge in [0.2, 0.25) is 11.8 Å². The summed E-state index contributed by atoms with van der Waals surface area (Å²) in [6, 6.07) is 6.18. The molecule has 2 saturated heterocycles. The quantitative estimate of drug-likeness (QED) is 0.421. The topological polar surface area (TPSA) is 108 Å². The Balaban J connectivity index is 1.57. The minimum absolute atomic E-state index is 0.0302. The Labute approximate surface area is 201 Å². The van der Waals surface area contributed by atoms with Gasteiger partial charge in [0.1, 0.15) is 6.04 Å². The molecule has 9 nitrogen and oxygen atoms in total. The zero-order chi connectivity index (χ0) is 24.5. The number of piperidine rings is 1. The van der Waals surface area contributed by atoms with E-state index in [-0.39, 0.29) is 30.7 Å². The van der Waals surface area contributed by atoms with Crippen molar-refractivity contribution in [1.82, 2.24) is 15.1 Å². The van der Waals surface area contributed by atoms with Gasteiger partial charge in [-0.15, -0.1) is 0 Å². The van der Waals surface area contributed by atoms with Gasteiger partial charge in [0.05, 0.1) is 19.6 Å². The normalized spacial score (nSPS) is 19.4. The molecule has 3 rings (SSSR count). The van der Waals surface area contributed by atoms with Crippen molar-refractivity contribution in [3.05, 3.63) is 29.8 Å². The molecule has 3 amide bonds. The van der Waals surface area contributed by atoms with Crippen molar-refractivity contribution in [3.8, 4) is 0 Å². The van der Waals surface area contributed by atoms with Crippen molar-refractivity contribution in [2.75, 3.05) is 44.6 Å². The van der Waals surface area contributed by atoms with Crippen LogP contribution >= 0.6 is 0 Å². The number of piperazine rings is 1. The summed E-state index contributed by atoms with van der Waals surface area (Å²) in [5.41, 5.74) is 1.07. The Morgan fingerprint density at radius 3 is 2.68 bits per heavy atom. The van der Waals surface area contributed by atoms with E-state index in [4.69, 9.17) is 4.74 Å². The van der Waals surface area contributed by atoms with Gasteiger partial charge in [0, 0.05) is 37.4 Å². The van der Waals surface area contributed by atoms with Gasteiger partial charge in [-0.3, -0.25) is 24.1 Å². The van der Waals surface area contributed by atoms with Crippen LogP contribution in [0.3, 0.4) is 0 Å². The number of likely N-dealkylation sites (tertiary alicyclic amines) is 1. The Kier molecular flexibility index (Phi) is 9.44. The van der Waals surface area contributed by atoms with Gasteiger partial charge < -0.3 is 20.3 Å². The van der Waals surface area contributed by atoms with Crippen LogP contribution in [0.2, 0.25) is 0 Å². The van der Waals surface area contributed by atoms with Gasteiger partial charge in [-0.1, -0.05) is 26.3 Å². The summed E-state index contributed by atoms with van der Waals surface area (Å²) in [6.45, 7) is 6.85. The molecule has 2 aliphatic heterocycles. The molecule has 0 saturated carbocycles. The summed E-state index contributed by atoms with van der Waals surface area (Å²) in [4.78, 5) is 53.7. The fourth-order valence-electron chi connectivity index (χ4n) is 4.23. The molecule has 2 fully saturated rings. The van der Waals surface area contributed by atoms with Crippen molar-refractivity contribution in [2.45, 2.75) is 52.0 Å². The van der Waals surface area contributed by atoms with Crippen molar-refractivity contribution in [2.24, 2.45) is 5.92 Å². The standard InChI is InChI=1S/C25H36N4O5/c1-3-4-14-34-23(31)16-21-24(32)26-10-13-29(21)17-22(30)27-20-7-5-6-19(15-20)25(33)28-11-8-18(2)9-12-28/h5-7,15,18,21H,3-4,8-14,16-17H2,1-2H3,(H,26,32)(H,27,30). The van der Waals surface area contributed by atoms with E-state index in [0.29, 0.717) is 36.9 Å². The predicted molar refractivity (Wildman–Crippen MR) is 128 cm³/mol. The first-order valence-corrected chi connectivity index (χ1v) is 12.2. The molecule has 2 N–H and O–H groups in total. The van der Waals surface area contributed by atoms with Gasteiger partial charge in [-0.2, -0.15) is 0 Å². The molecule has 1 atom stereocenters. The van der Waals surface area contributed by atoms with E-state index in [1.54, 1.807) is 29.2 Å². The zero-order valence-corrected chi connectivity index (χ0v) is 20.2. The monoisotopic (exact) mass is 472 g/mol. The highest BCUT2D eigenvalue weighted by Crippen LogP contribution is 2.20. The second kappa shape index (κ2) is 12.5. The highest BCUT2D eigenvalue weighted by atomic mass is 16.5. The first-order chi connectivity index (χ1) is 16.4. The molecule has 9 heteroatoms. The number of carbonyl (C=O) groups is 4. The number of hydrogen-bond donors (Lipinski definition) is 2. The van der Waals surface area contributed by atoms with Crippen LogP contribution in [0, 0.1) is 5.92 Å². The second-order valence-electron chi connectivity index (χ2n) is 9.16. The molecule has 0 radical (unpaired) electrons. The Bertz CT molecular complexity index is 882. The van der Waals surface area contributed by atoms with Crippen LogP contribution < -0.4 is 10.6 Å². The van der Waals surface area contributed by atoms with Crippen LogP contribution in [0.5, 0.6) is 0 Å². The summed E-state index contributed by atoms with van der Waals surface area (Å²) >= 11 is 0. The number of nitrogens with zero attached hydrogens (tertiary/aromatic N) is 2. The maximum Gasteiger partial charge on any atom is 0.307 e. The fraction of sp³-hybridized carbons (Fsp3) is 0.600. The number of carbonyl (C=O) groups excluding carboxylic acids is 4. The van der Waals surface area contributed by atoms with E-state index in [2.05, 4.69) is 17.6 Å². The fourth-order valence-corrected chi connectivity index (χ4v) is 4.23. The van der Waals surface area contributed by atoms with Gasteiger partial charge in [-0.25, -0.2) is 0 Å². The smallest absolute Gasteiger partial charge is 0.307 e. The van der Waals surface area contributed by atoms with Crippen LogP contribution in [0.4, 0.5) is 5.69 Å². The van der Waals surface area contributed by atoms with E-state index >= 15 is 0 Å². The number of anilines is 1. The van der Waals surface area contributed by atoms with E-state index in [1.165, 1.54) is 0 Å². The Morgan fingerprint density at radius 2 is 1.94 bits per heavy atom. The summed E-state index contributed by atoms with van der Waals surface area (Å²) < 4.78 is 5.19. The third-order valence-electron chi connectivity index (χ3n) is 6.37. The molecule has 0 bridgehead atoms. The van der Waals surface area contributed by atoms with Crippen molar-refractivity contribution in [3.63, 3.8) is 0 Å². The van der Waals surface area contributed by atoms with Crippen LogP contribution in [-0.2, 0) is 19.1 Å². The number of esters is 1. The number of amides is 3. The molecule has 0 aliphatic carbocycles. The summed E-state index contributed by atoms with van der Waals surface area (Å²) in [5.74, 6) is -0.435. The van der Waals surface area contributed by atoms with Crippen LogP contribution in [0.25, 0.3) is 0 Å². The highest BCUT2D eigenvalue weighted by molar-refractivity contribution is 5.98. The Hall–Kier alpha value is -2.94. The van der Waals surface area contributed by atoms with Crippen molar-refractivity contribution in [1.29, 1.82) is 0 Å². The molecule has 2 heterocycles. The Morgan fingerprint density at radius 1 is 1.18 bits per heavy atom. The van der Waals surface area contributed by atoms with Crippen LogP contribution in [0.15, 0.2) is 24.3 Å². The summed E-state index contributed by atoms with van der Waals surface area (Å²) in [7, 11) is 0. The van der Waals surface area contributed by atoms with Gasteiger partial charge >= 0.3 is 5.97 Å². The lowest BCUT2D eigenvalue weighted by atomic mass is 9.98. The molecule has 0 aromatic heterocycles. The number of rotatable bonds is 9. The molecule has 1 aromatic rings. The maximum atomic E-state index is 12.9. The van der Waals surface area contributed by atoms with Crippen molar-refractivity contribution < 1.29 is 23.9 Å². The third-order valence-corrected chi connectivity index (χ3v) is 6.37. The first-order valence-electron chi connectivity index (χ1n) is 12.2. The number of hydrogen-bond acceptors (Lipinski definition) is 6. The van der Waals surface area contributed by atoms with Gasteiger partial charge in [-0.05, 0) is 43.4 Å². The average molecular weight is 473 g/mol. The molecular weight excluding hydrogens is 436 g/mol. The summed E-state index contributed by atoms with van der Waals surface area (Å²) in [6.07, 6.45) is 3.58. The first kappa shape index (κ1) is 25.7. The minimum atomic E-state index is -0.747. The SMILES string of the molecule is CCCCOC(=O)CC1C(=O)NCCN1CC(=O)Nc1cccc(C(=O)N2CCC(C)CC2)c1. The van der Waals surface area contributed by atoms with E-state index in [0.717, 1.165) is 38.8 Å². The highest BCUT2D eigenvalue weighted by Gasteiger charge is 2.33. The zero-order valence-electron chi connectivity index (χ0n) is 20.2. The predicted octanol–water partition coefficient (Wildman–Crippen LogP) is 2.03. The average Bonchev–Trinajstić information content (AvgIpc) is 2.81. The molecular formula is C25H36N4O5. The molecule has 0 spiro atoms. The van der Waals surface area contributed by atoms with Crippen LogP contribution in [-0.4, -0.2) is 78.9 Å². The lowest BCUT2D eigenvalue weighted by Crippen LogP contribution is -2.57. The summed E-state index contributed by atoms with van der Waals surface area (Å²) in [5, 5.41) is 5.58. The molecule has 34 heavy (non-hydrogen) atoms. The van der Waals surface area contributed by atoms with Crippen LogP contribution in [0.1, 0.15) is 56.3 Å². The van der Waals surface area contributed by atoms with E-state index in [1.807, 2.05) is 11.8 Å². The number of nitrogens with one attached hydrogen (secondary N) is 2. The molecule has 1 aromatic carbocycles. The second-order valence-corrected chi connectivity index (χ2v) is 9.16. The third kappa shape index (κ3) is 7.28. The lowest BCUT2D eigenvalue weighted by Gasteiger charge is -2.33. The largest absolute Gasteiger partial charge is 0.466 e. The lowest BCUT2D eigenvalue weighted by molar-refractivity contribution is -0.149. The minimum Gasteiger partial charge on any atom is -0.466 e. The van der Waals surface area contributed by atoms with Crippen molar-refractivity contribution >= 4 is 29.4 Å². The van der Waals surface area contributed by atoms with E-state index in [9.17, 15) is 19.2 Å².